The molecule has 1 aromatic heterocycles. The standard InChI is InChI=1S/C29H30N4O2/c1-21(2)32(28(35)22(3)23-13-7-4-8-14-23)20-27(34)31-29-30-26(24-15-9-5-10-16-24)19-33(29)25-17-11-6-12-18-25/h4-19,21-22H,20H2,1-3H3,(H,30,31,34). The lowest BCUT2D eigenvalue weighted by molar-refractivity contribution is -0.137. The van der Waals surface area contributed by atoms with Crippen molar-refractivity contribution in [3.05, 3.63) is 103 Å². The summed E-state index contributed by atoms with van der Waals surface area (Å²) in [5.41, 5.74) is 3.51. The van der Waals surface area contributed by atoms with E-state index in [9.17, 15) is 9.59 Å². The molecule has 0 saturated carbocycles. The number of aromatic nitrogens is 2. The minimum atomic E-state index is -0.345. The highest BCUT2D eigenvalue weighted by Crippen LogP contribution is 2.24. The molecule has 1 atom stereocenters. The van der Waals surface area contributed by atoms with Gasteiger partial charge in [-0.15, -0.1) is 0 Å². The van der Waals surface area contributed by atoms with Crippen LogP contribution in [0.2, 0.25) is 0 Å². The van der Waals surface area contributed by atoms with Crippen molar-refractivity contribution in [3.8, 4) is 16.9 Å². The number of amides is 2. The first-order valence-corrected chi connectivity index (χ1v) is 11.8. The Bertz CT molecular complexity index is 1270. The number of nitrogens with zero attached hydrogens (tertiary/aromatic N) is 3. The molecule has 0 aliphatic carbocycles. The summed E-state index contributed by atoms with van der Waals surface area (Å²) in [6.45, 7) is 5.65. The van der Waals surface area contributed by atoms with Crippen molar-refractivity contribution in [3.63, 3.8) is 0 Å². The molecule has 0 spiro atoms. The van der Waals surface area contributed by atoms with Crippen molar-refractivity contribution in [1.82, 2.24) is 14.5 Å². The summed E-state index contributed by atoms with van der Waals surface area (Å²) in [7, 11) is 0. The quantitative estimate of drug-likeness (QED) is 0.372. The second-order valence-corrected chi connectivity index (χ2v) is 8.76. The lowest BCUT2D eigenvalue weighted by atomic mass is 9.99. The fourth-order valence-electron chi connectivity index (χ4n) is 3.97. The smallest absolute Gasteiger partial charge is 0.246 e. The number of hydrogen-bond donors (Lipinski definition) is 1. The van der Waals surface area contributed by atoms with Crippen molar-refractivity contribution in [1.29, 1.82) is 0 Å². The van der Waals surface area contributed by atoms with Crippen molar-refractivity contribution < 1.29 is 9.59 Å². The lowest BCUT2D eigenvalue weighted by Gasteiger charge is -2.29. The fourth-order valence-corrected chi connectivity index (χ4v) is 3.97. The van der Waals surface area contributed by atoms with Crippen LogP contribution in [0, 0.1) is 0 Å². The topological polar surface area (TPSA) is 67.2 Å². The monoisotopic (exact) mass is 466 g/mol. The lowest BCUT2D eigenvalue weighted by Crippen LogP contribution is -2.44. The summed E-state index contributed by atoms with van der Waals surface area (Å²) in [5, 5.41) is 2.94. The van der Waals surface area contributed by atoms with E-state index in [1.165, 1.54) is 0 Å². The Hall–Kier alpha value is -4.19. The molecule has 0 aliphatic rings. The van der Waals surface area contributed by atoms with Gasteiger partial charge < -0.3 is 4.90 Å². The minimum absolute atomic E-state index is 0.0595. The first-order chi connectivity index (χ1) is 16.9. The van der Waals surface area contributed by atoms with Crippen LogP contribution in [0.25, 0.3) is 16.9 Å². The average molecular weight is 467 g/mol. The normalized spacial score (nSPS) is 11.8. The van der Waals surface area contributed by atoms with Gasteiger partial charge in [0.1, 0.15) is 6.54 Å². The molecule has 2 amide bonds. The van der Waals surface area contributed by atoms with Gasteiger partial charge in [0, 0.05) is 23.5 Å². The summed E-state index contributed by atoms with van der Waals surface area (Å²) in [5.74, 6) is -0.317. The summed E-state index contributed by atoms with van der Waals surface area (Å²) >= 11 is 0. The van der Waals surface area contributed by atoms with Crippen LogP contribution in [0.4, 0.5) is 5.95 Å². The number of nitrogens with one attached hydrogen (secondary N) is 1. The highest BCUT2D eigenvalue weighted by molar-refractivity contribution is 5.95. The summed E-state index contributed by atoms with van der Waals surface area (Å²) in [6, 6.07) is 29.0. The molecule has 3 aromatic carbocycles. The zero-order valence-electron chi connectivity index (χ0n) is 20.3. The highest BCUT2D eigenvalue weighted by atomic mass is 16.2. The molecule has 0 bridgehead atoms. The summed E-state index contributed by atoms with van der Waals surface area (Å²) in [4.78, 5) is 32.8. The van der Waals surface area contributed by atoms with E-state index in [0.29, 0.717) is 5.95 Å². The molecule has 0 radical (unpaired) electrons. The Morgan fingerprint density at radius 3 is 2.03 bits per heavy atom. The summed E-state index contributed by atoms with van der Waals surface area (Å²) < 4.78 is 1.86. The van der Waals surface area contributed by atoms with Crippen molar-refractivity contribution in [2.45, 2.75) is 32.7 Å². The Kier molecular flexibility index (Phi) is 7.41. The van der Waals surface area contributed by atoms with E-state index >= 15 is 0 Å². The van der Waals surface area contributed by atoms with Gasteiger partial charge in [0.2, 0.25) is 17.8 Å². The average Bonchev–Trinajstić information content (AvgIpc) is 3.31. The minimum Gasteiger partial charge on any atom is -0.330 e. The second-order valence-electron chi connectivity index (χ2n) is 8.76. The zero-order valence-corrected chi connectivity index (χ0v) is 20.3. The fraction of sp³-hybridized carbons (Fsp3) is 0.207. The van der Waals surface area contributed by atoms with Crippen LogP contribution in [0.5, 0.6) is 0 Å². The Morgan fingerprint density at radius 1 is 0.857 bits per heavy atom. The number of carbonyl (C=O) groups excluding carboxylic acids is 2. The highest BCUT2D eigenvalue weighted by Gasteiger charge is 2.26. The van der Waals surface area contributed by atoms with Gasteiger partial charge >= 0.3 is 0 Å². The molecule has 0 fully saturated rings. The van der Waals surface area contributed by atoms with Crippen LogP contribution in [0.3, 0.4) is 0 Å². The van der Waals surface area contributed by atoms with E-state index in [1.807, 2.05) is 123 Å². The van der Waals surface area contributed by atoms with Crippen LogP contribution < -0.4 is 5.32 Å². The molecule has 6 heteroatoms. The maximum absolute atomic E-state index is 13.3. The van der Waals surface area contributed by atoms with Crippen LogP contribution in [0.15, 0.2) is 97.2 Å². The predicted molar refractivity (Wildman–Crippen MR) is 139 cm³/mol. The Labute approximate surface area is 206 Å². The Balaban J connectivity index is 1.57. The van der Waals surface area contributed by atoms with Gasteiger partial charge in [-0.1, -0.05) is 78.9 Å². The number of imidazole rings is 1. The zero-order chi connectivity index (χ0) is 24.8. The number of benzene rings is 3. The molecule has 1 heterocycles. The van der Waals surface area contributed by atoms with Gasteiger partial charge in [-0.3, -0.25) is 19.5 Å². The first kappa shape index (κ1) is 24.0. The van der Waals surface area contributed by atoms with Gasteiger partial charge in [-0.05, 0) is 38.5 Å². The molecule has 1 unspecified atom stereocenters. The maximum atomic E-state index is 13.3. The van der Waals surface area contributed by atoms with Crippen molar-refractivity contribution in [2.75, 3.05) is 11.9 Å². The third kappa shape index (κ3) is 5.66. The molecule has 0 saturated heterocycles. The van der Waals surface area contributed by atoms with Crippen LogP contribution >= 0.6 is 0 Å². The number of carbonyl (C=O) groups is 2. The molecule has 4 aromatic rings. The molecule has 4 rings (SSSR count). The van der Waals surface area contributed by atoms with Crippen LogP contribution in [-0.4, -0.2) is 38.9 Å². The van der Waals surface area contributed by atoms with E-state index in [2.05, 4.69) is 5.32 Å². The van der Waals surface area contributed by atoms with Gasteiger partial charge in [0.05, 0.1) is 11.6 Å². The predicted octanol–water partition coefficient (Wildman–Crippen LogP) is 5.52. The Morgan fingerprint density at radius 2 is 1.43 bits per heavy atom. The largest absolute Gasteiger partial charge is 0.330 e. The van der Waals surface area contributed by atoms with Gasteiger partial charge in [-0.25, -0.2) is 4.98 Å². The van der Waals surface area contributed by atoms with Crippen LogP contribution in [0.1, 0.15) is 32.3 Å². The van der Waals surface area contributed by atoms with E-state index < -0.39 is 0 Å². The number of hydrogen-bond acceptors (Lipinski definition) is 3. The number of anilines is 1. The SMILES string of the molecule is CC(C(=O)N(CC(=O)Nc1nc(-c2ccccc2)cn1-c1ccccc1)C(C)C)c1ccccc1. The second kappa shape index (κ2) is 10.8. The molecule has 35 heavy (non-hydrogen) atoms. The maximum Gasteiger partial charge on any atom is 0.246 e. The van der Waals surface area contributed by atoms with Crippen molar-refractivity contribution >= 4 is 17.8 Å². The van der Waals surface area contributed by atoms with E-state index in [-0.39, 0.29) is 30.3 Å². The first-order valence-electron chi connectivity index (χ1n) is 11.8. The van der Waals surface area contributed by atoms with E-state index in [0.717, 1.165) is 22.5 Å². The van der Waals surface area contributed by atoms with Gasteiger partial charge in [0.25, 0.3) is 0 Å². The van der Waals surface area contributed by atoms with Crippen molar-refractivity contribution in [2.24, 2.45) is 0 Å². The van der Waals surface area contributed by atoms with E-state index in [4.69, 9.17) is 4.98 Å². The molecule has 0 aliphatic heterocycles. The van der Waals surface area contributed by atoms with E-state index in [1.54, 1.807) is 4.90 Å². The molecule has 178 valence electrons. The molecule has 1 N–H and O–H groups in total. The molecular formula is C29H30N4O2. The third-order valence-corrected chi connectivity index (χ3v) is 5.95. The van der Waals surface area contributed by atoms with Crippen LogP contribution in [-0.2, 0) is 9.59 Å². The van der Waals surface area contributed by atoms with Gasteiger partial charge in [-0.2, -0.15) is 0 Å². The number of para-hydroxylation sites is 1. The number of rotatable bonds is 8. The molecule has 6 nitrogen and oxygen atoms in total. The third-order valence-electron chi connectivity index (χ3n) is 5.95. The molecular weight excluding hydrogens is 436 g/mol. The summed E-state index contributed by atoms with van der Waals surface area (Å²) in [6.07, 6.45) is 1.91. The van der Waals surface area contributed by atoms with Gasteiger partial charge in [0.15, 0.2) is 0 Å².